The minimum atomic E-state index is -0.660. The van der Waals surface area contributed by atoms with Crippen LogP contribution in [0.15, 0.2) is 0 Å². The molecular weight excluding hydrogens is 234 g/mol. The molecule has 0 heterocycles. The van der Waals surface area contributed by atoms with E-state index in [-0.39, 0.29) is 23.5 Å². The number of amides is 1. The first kappa shape index (κ1) is 13.1. The molecule has 2 rings (SSSR count). The van der Waals surface area contributed by atoms with Crippen LogP contribution in [-0.4, -0.2) is 30.8 Å². The monoisotopic (exact) mass is 253 g/mol. The normalized spacial score (nSPS) is 25.4. The highest BCUT2D eigenvalue weighted by Crippen LogP contribution is 2.30. The first-order valence-corrected chi connectivity index (χ1v) is 6.51. The predicted octanol–water partition coefficient (Wildman–Crippen LogP) is 0.813. The summed E-state index contributed by atoms with van der Waals surface area (Å²) in [6.07, 6.45) is 4.31. The van der Waals surface area contributed by atoms with Gasteiger partial charge in [0, 0.05) is 18.8 Å². The summed E-state index contributed by atoms with van der Waals surface area (Å²) >= 11 is 0. The third-order valence-electron chi connectivity index (χ3n) is 3.69. The molecule has 1 N–H and O–H groups in total. The molecule has 2 aliphatic rings. The highest BCUT2D eigenvalue weighted by molar-refractivity contribution is 5.88. The van der Waals surface area contributed by atoms with Crippen LogP contribution in [0.5, 0.6) is 0 Å². The van der Waals surface area contributed by atoms with Crippen LogP contribution in [0.4, 0.5) is 0 Å². The Bertz CT molecular complexity index is 362. The van der Waals surface area contributed by atoms with Crippen LogP contribution < -0.4 is 5.32 Å². The van der Waals surface area contributed by atoms with Gasteiger partial charge in [-0.25, -0.2) is 4.79 Å². The first-order valence-electron chi connectivity index (χ1n) is 6.51. The van der Waals surface area contributed by atoms with Crippen LogP contribution in [0.3, 0.4) is 0 Å². The lowest BCUT2D eigenvalue weighted by molar-refractivity contribution is -0.147. The van der Waals surface area contributed by atoms with Gasteiger partial charge in [0.25, 0.3) is 0 Å². The van der Waals surface area contributed by atoms with E-state index in [2.05, 4.69) is 5.32 Å². The maximum atomic E-state index is 11.8. The molecule has 0 spiro atoms. The van der Waals surface area contributed by atoms with Crippen molar-refractivity contribution in [1.29, 1.82) is 0 Å². The highest BCUT2D eigenvalue weighted by Gasteiger charge is 2.37. The zero-order valence-electron chi connectivity index (χ0n) is 10.6. The maximum Gasteiger partial charge on any atom is 0.328 e. The molecule has 0 aromatic heterocycles. The van der Waals surface area contributed by atoms with Crippen LogP contribution in [0.2, 0.25) is 0 Å². The number of ketones is 1. The van der Waals surface area contributed by atoms with E-state index in [9.17, 15) is 14.4 Å². The number of carbonyl (C=O) groups is 3. The molecule has 100 valence electrons. The Labute approximate surface area is 106 Å². The molecule has 0 unspecified atom stereocenters. The molecule has 2 saturated carbocycles. The fraction of sp³-hybridized carbons (Fsp3) is 0.769. The van der Waals surface area contributed by atoms with Gasteiger partial charge in [0.2, 0.25) is 5.91 Å². The number of ether oxygens (including phenoxy) is 1. The second-order valence-electron chi connectivity index (χ2n) is 5.18. The lowest BCUT2D eigenvalue weighted by Crippen LogP contribution is -2.48. The lowest BCUT2D eigenvalue weighted by atomic mass is 9.83. The minimum Gasteiger partial charge on any atom is -0.467 e. The van der Waals surface area contributed by atoms with Gasteiger partial charge < -0.3 is 10.1 Å². The molecule has 5 heteroatoms. The van der Waals surface area contributed by atoms with Crippen LogP contribution in [0, 0.1) is 11.8 Å². The van der Waals surface area contributed by atoms with Gasteiger partial charge in [-0.15, -0.1) is 0 Å². The summed E-state index contributed by atoms with van der Waals surface area (Å²) in [4.78, 5) is 35.0. The Morgan fingerprint density at radius 3 is 2.61 bits per heavy atom. The molecule has 0 saturated heterocycles. The number of hydrogen-bond donors (Lipinski definition) is 1. The number of hydrogen-bond acceptors (Lipinski definition) is 4. The summed E-state index contributed by atoms with van der Waals surface area (Å²) in [7, 11) is 1.31. The van der Waals surface area contributed by atoms with Crippen molar-refractivity contribution in [3.63, 3.8) is 0 Å². The Balaban J connectivity index is 2.00. The summed E-state index contributed by atoms with van der Waals surface area (Å²) in [6, 6.07) is -0.660. The number of esters is 1. The minimum absolute atomic E-state index is 0.0523. The molecule has 0 bridgehead atoms. The molecule has 18 heavy (non-hydrogen) atoms. The largest absolute Gasteiger partial charge is 0.467 e. The van der Waals surface area contributed by atoms with Crippen LogP contribution in [0.25, 0.3) is 0 Å². The molecular formula is C13H19NO4. The van der Waals surface area contributed by atoms with Crippen LogP contribution in [0.1, 0.15) is 38.5 Å². The summed E-state index contributed by atoms with van der Waals surface area (Å²) in [6.45, 7) is 0. The average Bonchev–Trinajstić information content (AvgIpc) is 3.19. The molecule has 5 nitrogen and oxygen atoms in total. The van der Waals surface area contributed by atoms with Gasteiger partial charge in [-0.3, -0.25) is 9.59 Å². The quantitative estimate of drug-likeness (QED) is 0.753. The van der Waals surface area contributed by atoms with E-state index in [4.69, 9.17) is 4.74 Å². The summed E-state index contributed by atoms with van der Waals surface area (Å²) in [5.74, 6) is -0.411. The van der Waals surface area contributed by atoms with Crippen molar-refractivity contribution >= 4 is 17.7 Å². The van der Waals surface area contributed by atoms with Gasteiger partial charge in [0.05, 0.1) is 7.11 Å². The topological polar surface area (TPSA) is 72.5 Å². The number of rotatable bonds is 4. The number of carbonyl (C=O) groups excluding carboxylic acids is 3. The summed E-state index contributed by atoms with van der Waals surface area (Å²) < 4.78 is 4.74. The zero-order chi connectivity index (χ0) is 13.1. The Morgan fingerprint density at radius 2 is 2.06 bits per heavy atom. The molecule has 0 radical (unpaired) electrons. The van der Waals surface area contributed by atoms with E-state index >= 15 is 0 Å². The third-order valence-corrected chi connectivity index (χ3v) is 3.69. The molecule has 1 amide bonds. The molecule has 0 aliphatic heterocycles. The van der Waals surface area contributed by atoms with Gasteiger partial charge in [-0.1, -0.05) is 0 Å². The van der Waals surface area contributed by atoms with E-state index < -0.39 is 12.0 Å². The van der Waals surface area contributed by atoms with Crippen molar-refractivity contribution in [3.05, 3.63) is 0 Å². The fourth-order valence-electron chi connectivity index (χ4n) is 2.46. The molecule has 2 aliphatic carbocycles. The standard InChI is InChI=1S/C13H19NO4/c1-18-13(17)11(14-12(16)8-5-6-8)9-3-2-4-10(15)7-9/h8-9,11H,2-7H2,1H3,(H,14,16)/t9-,11+/m0/s1. The predicted molar refractivity (Wildman–Crippen MR) is 63.6 cm³/mol. The first-order chi connectivity index (χ1) is 8.61. The van der Waals surface area contributed by atoms with E-state index in [0.717, 1.165) is 25.7 Å². The van der Waals surface area contributed by atoms with Crippen molar-refractivity contribution in [2.45, 2.75) is 44.6 Å². The SMILES string of the molecule is COC(=O)[C@H](NC(=O)C1CC1)[C@H]1CCCC(=O)C1. The van der Waals surface area contributed by atoms with Crippen molar-refractivity contribution in [1.82, 2.24) is 5.32 Å². The van der Waals surface area contributed by atoms with E-state index in [1.54, 1.807) is 0 Å². The van der Waals surface area contributed by atoms with Crippen molar-refractivity contribution < 1.29 is 19.1 Å². The summed E-state index contributed by atoms with van der Waals surface area (Å²) in [5.41, 5.74) is 0. The van der Waals surface area contributed by atoms with E-state index in [1.807, 2.05) is 0 Å². The summed E-state index contributed by atoms with van der Waals surface area (Å²) in [5, 5.41) is 2.75. The zero-order valence-corrected chi connectivity index (χ0v) is 10.6. The third kappa shape index (κ3) is 3.09. The molecule has 2 atom stereocenters. The van der Waals surface area contributed by atoms with Gasteiger partial charge in [-0.05, 0) is 31.6 Å². The van der Waals surface area contributed by atoms with E-state index in [1.165, 1.54) is 7.11 Å². The number of methoxy groups -OCH3 is 1. The Kier molecular flexibility index (Phi) is 3.99. The molecule has 0 aromatic rings. The second kappa shape index (κ2) is 5.50. The smallest absolute Gasteiger partial charge is 0.328 e. The average molecular weight is 253 g/mol. The Hall–Kier alpha value is -1.39. The number of nitrogens with one attached hydrogen (secondary N) is 1. The van der Waals surface area contributed by atoms with E-state index in [0.29, 0.717) is 12.8 Å². The molecule has 2 fully saturated rings. The fourth-order valence-corrected chi connectivity index (χ4v) is 2.46. The second-order valence-corrected chi connectivity index (χ2v) is 5.18. The van der Waals surface area contributed by atoms with Crippen LogP contribution >= 0.6 is 0 Å². The molecule has 0 aromatic carbocycles. The van der Waals surface area contributed by atoms with Crippen molar-refractivity contribution in [3.8, 4) is 0 Å². The maximum absolute atomic E-state index is 11.8. The van der Waals surface area contributed by atoms with Gasteiger partial charge >= 0.3 is 5.97 Å². The van der Waals surface area contributed by atoms with Crippen molar-refractivity contribution in [2.75, 3.05) is 7.11 Å². The van der Waals surface area contributed by atoms with Gasteiger partial charge in [0.1, 0.15) is 11.8 Å². The highest BCUT2D eigenvalue weighted by atomic mass is 16.5. The van der Waals surface area contributed by atoms with Gasteiger partial charge in [-0.2, -0.15) is 0 Å². The Morgan fingerprint density at radius 1 is 1.33 bits per heavy atom. The number of Topliss-reactive ketones (excluding diaryl/α,β-unsaturated/α-hetero) is 1. The van der Waals surface area contributed by atoms with Gasteiger partial charge in [0.15, 0.2) is 0 Å². The lowest BCUT2D eigenvalue weighted by Gasteiger charge is -2.28. The van der Waals surface area contributed by atoms with Crippen molar-refractivity contribution in [2.24, 2.45) is 11.8 Å². The van der Waals surface area contributed by atoms with Crippen LogP contribution in [-0.2, 0) is 19.1 Å².